The molecule has 1 aromatic carbocycles. The van der Waals surface area contributed by atoms with Crippen LogP contribution in [-0.4, -0.2) is 33.4 Å². The van der Waals surface area contributed by atoms with Crippen LogP contribution >= 0.6 is 9.24 Å². The van der Waals surface area contributed by atoms with Crippen LogP contribution in [0.15, 0.2) is 42.0 Å². The molecule has 7 nitrogen and oxygen atoms in total. The number of nitrogens with two attached hydrogens (primary N) is 2. The van der Waals surface area contributed by atoms with Gasteiger partial charge in [-0.15, -0.1) is 9.24 Å². The summed E-state index contributed by atoms with van der Waals surface area (Å²) in [6, 6.07) is 4.68. The average molecular weight is 438 g/mol. The van der Waals surface area contributed by atoms with Crippen molar-refractivity contribution in [2.75, 3.05) is 11.6 Å². The van der Waals surface area contributed by atoms with Crippen LogP contribution in [0.2, 0.25) is 0 Å². The van der Waals surface area contributed by atoms with Crippen LogP contribution in [0.1, 0.15) is 35.0 Å². The van der Waals surface area contributed by atoms with E-state index in [9.17, 15) is 18.0 Å². The summed E-state index contributed by atoms with van der Waals surface area (Å²) in [6.07, 6.45) is -2.84. The maximum Gasteiger partial charge on any atom is 0.417 e. The van der Waals surface area contributed by atoms with Gasteiger partial charge in [-0.3, -0.25) is 9.80 Å². The lowest BCUT2D eigenvalue weighted by Crippen LogP contribution is -2.49. The number of anilines is 1. The third-order valence-corrected chi connectivity index (χ3v) is 5.69. The molecule has 2 aromatic rings. The topological polar surface area (TPSA) is 101 Å². The first-order chi connectivity index (χ1) is 14.0. The minimum atomic E-state index is -4.55. The Morgan fingerprint density at radius 3 is 2.67 bits per heavy atom. The Morgan fingerprint density at radius 2 is 2.03 bits per heavy atom. The molecule has 2 unspecified atom stereocenters. The number of hydrogen-bond donors (Lipinski definition) is 2. The Balaban J connectivity index is 1.90. The van der Waals surface area contributed by atoms with Crippen LogP contribution in [0.3, 0.4) is 0 Å². The molecule has 0 fully saturated rings. The largest absolute Gasteiger partial charge is 0.417 e. The van der Waals surface area contributed by atoms with Gasteiger partial charge in [0.1, 0.15) is 6.33 Å². The van der Waals surface area contributed by atoms with Crippen molar-refractivity contribution in [2.24, 2.45) is 11.6 Å². The van der Waals surface area contributed by atoms with Crippen molar-refractivity contribution in [3.05, 3.63) is 58.8 Å². The Labute approximate surface area is 174 Å². The number of aryl methyl sites for hydroxylation is 1. The maximum atomic E-state index is 13.2. The minimum Gasteiger partial charge on any atom is -0.399 e. The van der Waals surface area contributed by atoms with E-state index in [1.54, 1.807) is 19.9 Å². The second kappa shape index (κ2) is 8.20. The molecule has 4 N–H and O–H groups in total. The van der Waals surface area contributed by atoms with Gasteiger partial charge in [0.2, 0.25) is 0 Å². The first kappa shape index (κ1) is 22.0. The van der Waals surface area contributed by atoms with Crippen molar-refractivity contribution in [3.63, 3.8) is 0 Å². The number of aromatic nitrogens is 2. The molecule has 30 heavy (non-hydrogen) atoms. The number of nitrogens with zero attached hydrogens (tertiary/aromatic N) is 4. The molecule has 160 valence electrons. The van der Waals surface area contributed by atoms with E-state index in [2.05, 4.69) is 9.97 Å². The Morgan fingerprint density at radius 1 is 1.33 bits per heavy atom. The normalized spacial score (nSPS) is 17.3. The molecule has 2 heterocycles. The van der Waals surface area contributed by atoms with Gasteiger partial charge < -0.3 is 10.6 Å². The monoisotopic (exact) mass is 438 g/mol. The zero-order chi connectivity index (χ0) is 22.2. The average Bonchev–Trinajstić information content (AvgIpc) is 2.68. The molecule has 3 rings (SSSR count). The van der Waals surface area contributed by atoms with E-state index in [0.717, 1.165) is 11.8 Å². The van der Waals surface area contributed by atoms with Crippen molar-refractivity contribution in [3.8, 4) is 0 Å². The molecule has 1 aliphatic heterocycles. The highest BCUT2D eigenvalue weighted by Crippen LogP contribution is 2.31. The van der Waals surface area contributed by atoms with Crippen LogP contribution in [0.4, 0.5) is 19.0 Å². The van der Waals surface area contributed by atoms with Crippen LogP contribution in [0.25, 0.3) is 0 Å². The van der Waals surface area contributed by atoms with Gasteiger partial charge >= 0.3 is 6.18 Å². The van der Waals surface area contributed by atoms with Crippen molar-refractivity contribution in [1.29, 1.82) is 0 Å². The van der Waals surface area contributed by atoms with Gasteiger partial charge in [-0.1, -0.05) is 6.07 Å². The fourth-order valence-electron chi connectivity index (χ4n) is 3.37. The first-order valence-corrected chi connectivity index (χ1v) is 9.68. The van der Waals surface area contributed by atoms with E-state index < -0.39 is 23.7 Å². The molecule has 1 aliphatic rings. The molecule has 0 saturated carbocycles. The number of hydrogen-bond acceptors (Lipinski definition) is 6. The van der Waals surface area contributed by atoms with Gasteiger partial charge in [-0.05, 0) is 31.3 Å². The van der Waals surface area contributed by atoms with E-state index in [0.29, 0.717) is 23.6 Å². The number of hydrazine groups is 1. The predicted molar refractivity (Wildman–Crippen MR) is 111 cm³/mol. The standard InChI is InChI=1S/C19H22F3N6OP/c1-10-8-15(26-9-25-10)28(24)14-6-7-27(11(2)16(14)23)18(29)12-4-3-5-13(17(12)30)19(20,21)22/h3-5,8-9,11H,6-7,23-24,30H2,1-2H3. The van der Waals surface area contributed by atoms with E-state index in [1.807, 2.05) is 9.24 Å². The summed E-state index contributed by atoms with van der Waals surface area (Å²) in [7, 11) is 2.03. The van der Waals surface area contributed by atoms with E-state index in [-0.39, 0.29) is 17.4 Å². The lowest BCUT2D eigenvalue weighted by Gasteiger charge is -2.38. The highest BCUT2D eigenvalue weighted by Gasteiger charge is 2.36. The smallest absolute Gasteiger partial charge is 0.399 e. The molecular weight excluding hydrogens is 416 g/mol. The van der Waals surface area contributed by atoms with Crippen LogP contribution < -0.4 is 21.9 Å². The molecule has 0 radical (unpaired) electrons. The minimum absolute atomic E-state index is 0.0334. The third kappa shape index (κ3) is 4.11. The van der Waals surface area contributed by atoms with Crippen LogP contribution in [0, 0.1) is 6.92 Å². The maximum absolute atomic E-state index is 13.2. The molecule has 0 spiro atoms. The summed E-state index contributed by atoms with van der Waals surface area (Å²) < 4.78 is 39.6. The highest BCUT2D eigenvalue weighted by molar-refractivity contribution is 7.28. The second-order valence-electron chi connectivity index (χ2n) is 6.98. The lowest BCUT2D eigenvalue weighted by atomic mass is 10.0. The highest BCUT2D eigenvalue weighted by atomic mass is 31.0. The predicted octanol–water partition coefficient (Wildman–Crippen LogP) is 2.09. The quantitative estimate of drug-likeness (QED) is 0.432. The van der Waals surface area contributed by atoms with Gasteiger partial charge in [0.25, 0.3) is 5.91 Å². The summed E-state index contributed by atoms with van der Waals surface area (Å²) in [4.78, 5) is 22.7. The fourth-order valence-corrected chi connectivity index (χ4v) is 3.85. The molecule has 1 amide bonds. The van der Waals surface area contributed by atoms with Gasteiger partial charge in [-0.2, -0.15) is 13.2 Å². The molecule has 2 atom stereocenters. The Bertz CT molecular complexity index is 1010. The summed E-state index contributed by atoms with van der Waals surface area (Å²) in [5.41, 5.74) is 7.06. The van der Waals surface area contributed by atoms with Gasteiger partial charge in [0, 0.05) is 30.3 Å². The second-order valence-corrected chi connectivity index (χ2v) is 7.56. The SMILES string of the molecule is Cc1cc(N(N)C2=C(N)C(C)N(C(=O)c3cccc(C(F)(F)F)c3P)CC2)ncn1. The Kier molecular flexibility index (Phi) is 6.01. The number of carbonyl (C=O) groups excluding carboxylic acids is 1. The van der Waals surface area contributed by atoms with Crippen LogP contribution in [-0.2, 0) is 6.18 Å². The number of amides is 1. The molecule has 11 heteroatoms. The summed E-state index contributed by atoms with van der Waals surface area (Å²) in [5, 5.41) is 1.17. The number of alkyl halides is 3. The van der Waals surface area contributed by atoms with Gasteiger partial charge in [0.15, 0.2) is 5.82 Å². The van der Waals surface area contributed by atoms with Crippen molar-refractivity contribution >= 4 is 26.3 Å². The number of halogens is 3. The molecule has 0 bridgehead atoms. The number of benzene rings is 1. The summed E-state index contributed by atoms with van der Waals surface area (Å²) >= 11 is 0. The lowest BCUT2D eigenvalue weighted by molar-refractivity contribution is -0.136. The fraction of sp³-hybridized carbons (Fsp3) is 0.316. The van der Waals surface area contributed by atoms with Gasteiger partial charge in [-0.25, -0.2) is 15.8 Å². The number of carbonyl (C=O) groups is 1. The third-order valence-electron chi connectivity index (χ3n) is 5.07. The summed E-state index contributed by atoms with van der Waals surface area (Å²) in [6.45, 7) is 3.76. The molecular formula is C19H22F3N6OP. The van der Waals surface area contributed by atoms with E-state index >= 15 is 0 Å². The zero-order valence-corrected chi connectivity index (χ0v) is 17.6. The molecule has 0 saturated heterocycles. The van der Waals surface area contributed by atoms with Gasteiger partial charge in [0.05, 0.1) is 23.0 Å². The zero-order valence-electron chi connectivity index (χ0n) is 16.4. The summed E-state index contributed by atoms with van der Waals surface area (Å²) in [5.74, 6) is 6.12. The van der Waals surface area contributed by atoms with Crippen molar-refractivity contribution < 1.29 is 18.0 Å². The van der Waals surface area contributed by atoms with E-state index in [4.69, 9.17) is 11.6 Å². The van der Waals surface area contributed by atoms with Crippen molar-refractivity contribution in [1.82, 2.24) is 14.9 Å². The molecule has 1 aromatic heterocycles. The van der Waals surface area contributed by atoms with E-state index in [1.165, 1.54) is 28.4 Å². The van der Waals surface area contributed by atoms with Crippen LogP contribution in [0.5, 0.6) is 0 Å². The van der Waals surface area contributed by atoms with Crippen molar-refractivity contribution in [2.45, 2.75) is 32.5 Å². The Hall–Kier alpha value is -2.71. The molecule has 0 aliphatic carbocycles. The number of rotatable bonds is 3. The first-order valence-electron chi connectivity index (χ1n) is 9.11.